The number of anilines is 1. The van der Waals surface area contributed by atoms with E-state index >= 15 is 0 Å². The summed E-state index contributed by atoms with van der Waals surface area (Å²) in [6, 6.07) is 14.5. The molecule has 0 bridgehead atoms. The maximum absolute atomic E-state index is 12.5. The summed E-state index contributed by atoms with van der Waals surface area (Å²) < 4.78 is 5.16. The second-order valence-electron chi connectivity index (χ2n) is 6.78. The molecule has 1 aliphatic rings. The van der Waals surface area contributed by atoms with Crippen LogP contribution in [0.1, 0.15) is 23.2 Å². The third-order valence-electron chi connectivity index (χ3n) is 4.57. The van der Waals surface area contributed by atoms with Crippen molar-refractivity contribution in [1.29, 1.82) is 0 Å². The van der Waals surface area contributed by atoms with Crippen molar-refractivity contribution < 1.29 is 14.3 Å². The van der Waals surface area contributed by atoms with Crippen molar-refractivity contribution in [3.05, 3.63) is 54.1 Å². The Morgan fingerprint density at radius 3 is 2.69 bits per heavy atom. The molecule has 0 aliphatic heterocycles. The van der Waals surface area contributed by atoms with Gasteiger partial charge in [-0.2, -0.15) is 0 Å². The maximum Gasteiger partial charge on any atom is 0.252 e. The Bertz CT molecular complexity index is 845. The predicted octanol–water partition coefficient (Wildman–Crippen LogP) is 3.31. The van der Waals surface area contributed by atoms with Gasteiger partial charge in [-0.05, 0) is 43.0 Å². The molecule has 0 radical (unpaired) electrons. The molecule has 1 unspecified atom stereocenters. The van der Waals surface area contributed by atoms with E-state index in [4.69, 9.17) is 10.5 Å². The molecule has 0 aromatic heterocycles. The summed E-state index contributed by atoms with van der Waals surface area (Å²) in [7, 11) is 1.58. The van der Waals surface area contributed by atoms with Crippen LogP contribution < -0.4 is 21.1 Å². The first-order valence-corrected chi connectivity index (χ1v) is 10.2. The van der Waals surface area contributed by atoms with Gasteiger partial charge in [0, 0.05) is 29.2 Å². The van der Waals surface area contributed by atoms with Crippen LogP contribution in [-0.4, -0.2) is 37.3 Å². The number of methoxy groups -OCH3 is 1. The summed E-state index contributed by atoms with van der Waals surface area (Å²) in [4.78, 5) is 25.6. The van der Waals surface area contributed by atoms with Gasteiger partial charge in [0.25, 0.3) is 5.91 Å². The monoisotopic (exact) mass is 435 g/mol. The minimum Gasteiger partial charge on any atom is -0.497 e. The molecule has 2 aromatic carbocycles. The summed E-state index contributed by atoms with van der Waals surface area (Å²) in [6.45, 7) is 0.471. The molecule has 29 heavy (non-hydrogen) atoms. The van der Waals surface area contributed by atoms with Gasteiger partial charge in [0.15, 0.2) is 0 Å². The zero-order valence-electron chi connectivity index (χ0n) is 16.2. The Kier molecular flexibility index (Phi) is 8.82. The fraction of sp³-hybridized carbons (Fsp3) is 0.333. The van der Waals surface area contributed by atoms with E-state index in [-0.39, 0.29) is 36.0 Å². The van der Waals surface area contributed by atoms with Gasteiger partial charge in [-0.25, -0.2) is 0 Å². The van der Waals surface area contributed by atoms with Gasteiger partial charge in [-0.3, -0.25) is 9.59 Å². The number of nitrogens with one attached hydrogen (secondary N) is 2. The van der Waals surface area contributed by atoms with Crippen LogP contribution in [-0.2, 0) is 4.79 Å². The molecule has 1 aliphatic carbocycles. The lowest BCUT2D eigenvalue weighted by Crippen LogP contribution is -2.38. The molecule has 8 heteroatoms. The van der Waals surface area contributed by atoms with Gasteiger partial charge in [-0.1, -0.05) is 18.2 Å². The van der Waals surface area contributed by atoms with E-state index in [0.29, 0.717) is 29.5 Å². The number of carbonyl (C=O) groups is 2. The van der Waals surface area contributed by atoms with E-state index in [2.05, 4.69) is 10.6 Å². The number of hydrogen-bond acceptors (Lipinski definition) is 5. The topological polar surface area (TPSA) is 93.4 Å². The minimum atomic E-state index is -0.160. The van der Waals surface area contributed by atoms with Crippen LogP contribution in [0.2, 0.25) is 0 Å². The lowest BCUT2D eigenvalue weighted by atomic mass is 10.2. The predicted molar refractivity (Wildman–Crippen MR) is 119 cm³/mol. The summed E-state index contributed by atoms with van der Waals surface area (Å²) >= 11 is 1.33. The molecule has 2 amide bonds. The Morgan fingerprint density at radius 1 is 1.21 bits per heavy atom. The van der Waals surface area contributed by atoms with E-state index in [1.165, 1.54) is 11.8 Å². The van der Waals surface area contributed by atoms with Crippen LogP contribution >= 0.6 is 24.2 Å². The lowest BCUT2D eigenvalue weighted by Gasteiger charge is -2.13. The van der Waals surface area contributed by atoms with Crippen molar-refractivity contribution in [3.8, 4) is 5.75 Å². The fourth-order valence-corrected chi connectivity index (χ4v) is 3.67. The largest absolute Gasteiger partial charge is 0.497 e. The second kappa shape index (κ2) is 11.1. The van der Waals surface area contributed by atoms with E-state index in [1.54, 1.807) is 25.3 Å². The first kappa shape index (κ1) is 23.1. The normalized spacial score (nSPS) is 13.7. The highest BCUT2D eigenvalue weighted by Crippen LogP contribution is 2.31. The molecular weight excluding hydrogens is 410 g/mol. The van der Waals surface area contributed by atoms with Crippen LogP contribution in [0.5, 0.6) is 5.75 Å². The molecule has 6 nitrogen and oxygen atoms in total. The van der Waals surface area contributed by atoms with Crippen LogP contribution in [0.15, 0.2) is 53.4 Å². The number of nitrogens with two attached hydrogens (primary N) is 1. The average molecular weight is 436 g/mol. The van der Waals surface area contributed by atoms with Crippen molar-refractivity contribution >= 4 is 41.7 Å². The third kappa shape index (κ3) is 6.96. The van der Waals surface area contributed by atoms with Crippen molar-refractivity contribution in [2.24, 2.45) is 11.7 Å². The summed E-state index contributed by atoms with van der Waals surface area (Å²) in [6.07, 6.45) is 2.29. The number of thioether (sulfide) groups is 1. The van der Waals surface area contributed by atoms with Crippen LogP contribution in [0.4, 0.5) is 5.69 Å². The highest BCUT2D eigenvalue weighted by molar-refractivity contribution is 8.00. The van der Waals surface area contributed by atoms with E-state index in [9.17, 15) is 9.59 Å². The minimum absolute atomic E-state index is 0. The number of hydrogen-bond donors (Lipinski definition) is 3. The SMILES string of the molecule is COc1cccc(NC(=O)CSc2ccccc2C(=O)NCC(N)C2CC2)c1.Cl. The molecule has 1 fully saturated rings. The highest BCUT2D eigenvalue weighted by atomic mass is 35.5. The molecule has 156 valence electrons. The van der Waals surface area contributed by atoms with Gasteiger partial charge in [-0.15, -0.1) is 24.2 Å². The molecule has 0 saturated heterocycles. The standard InChI is InChI=1S/C21H25N3O3S.ClH/c1-27-16-6-4-5-15(11-16)24-20(25)13-28-19-8-3-2-7-17(19)21(26)23-12-18(22)14-9-10-14;/h2-8,11,14,18H,9-10,12-13,22H2,1H3,(H,23,26)(H,24,25);1H. The van der Waals surface area contributed by atoms with Gasteiger partial charge in [0.05, 0.1) is 18.4 Å². The van der Waals surface area contributed by atoms with Crippen molar-refractivity contribution in [2.75, 3.05) is 24.7 Å². The van der Waals surface area contributed by atoms with Crippen LogP contribution in [0, 0.1) is 5.92 Å². The molecule has 2 aromatic rings. The molecule has 1 atom stereocenters. The highest BCUT2D eigenvalue weighted by Gasteiger charge is 2.28. The van der Waals surface area contributed by atoms with E-state index in [1.807, 2.05) is 30.3 Å². The molecule has 0 spiro atoms. The molecule has 0 heterocycles. The molecule has 4 N–H and O–H groups in total. The Balaban J connectivity index is 0.00000300. The number of carbonyl (C=O) groups excluding carboxylic acids is 2. The molecular formula is C21H26ClN3O3S. The number of ether oxygens (including phenoxy) is 1. The number of rotatable bonds is 9. The first-order valence-electron chi connectivity index (χ1n) is 9.26. The third-order valence-corrected chi connectivity index (χ3v) is 5.64. The summed E-state index contributed by atoms with van der Waals surface area (Å²) in [5.41, 5.74) is 7.29. The van der Waals surface area contributed by atoms with Gasteiger partial charge >= 0.3 is 0 Å². The second-order valence-corrected chi connectivity index (χ2v) is 7.79. The zero-order chi connectivity index (χ0) is 19.9. The number of amides is 2. The number of halogens is 1. The van der Waals surface area contributed by atoms with Crippen LogP contribution in [0.25, 0.3) is 0 Å². The molecule has 1 saturated carbocycles. The Morgan fingerprint density at radius 2 is 1.97 bits per heavy atom. The molecule has 3 rings (SSSR count). The summed E-state index contributed by atoms with van der Waals surface area (Å²) in [5.74, 6) is 1.10. The van der Waals surface area contributed by atoms with Gasteiger partial charge in [0.1, 0.15) is 5.75 Å². The maximum atomic E-state index is 12.5. The van der Waals surface area contributed by atoms with Crippen molar-refractivity contribution in [2.45, 2.75) is 23.8 Å². The van der Waals surface area contributed by atoms with Crippen molar-refractivity contribution in [1.82, 2.24) is 5.32 Å². The average Bonchev–Trinajstić information content (AvgIpc) is 3.56. The zero-order valence-corrected chi connectivity index (χ0v) is 17.9. The van der Waals surface area contributed by atoms with Gasteiger partial charge in [0.2, 0.25) is 5.91 Å². The fourth-order valence-electron chi connectivity index (χ4n) is 2.82. The van der Waals surface area contributed by atoms with Gasteiger partial charge < -0.3 is 21.1 Å². The van der Waals surface area contributed by atoms with E-state index in [0.717, 1.165) is 17.7 Å². The smallest absolute Gasteiger partial charge is 0.252 e. The van der Waals surface area contributed by atoms with Crippen LogP contribution in [0.3, 0.4) is 0 Å². The first-order chi connectivity index (χ1) is 13.6. The quantitative estimate of drug-likeness (QED) is 0.525. The Hall–Kier alpha value is -2.22. The van der Waals surface area contributed by atoms with Crippen molar-refractivity contribution in [3.63, 3.8) is 0 Å². The summed E-state index contributed by atoms with van der Waals surface area (Å²) in [5, 5.41) is 5.75. The number of benzene rings is 2. The Labute approximate surface area is 181 Å². The lowest BCUT2D eigenvalue weighted by molar-refractivity contribution is -0.113. The van der Waals surface area contributed by atoms with E-state index < -0.39 is 0 Å².